The molecule has 2 aromatic carbocycles. The first-order chi connectivity index (χ1) is 16.0. The summed E-state index contributed by atoms with van der Waals surface area (Å²) in [4.78, 5) is 0. The lowest BCUT2D eigenvalue weighted by Gasteiger charge is -2.33. The van der Waals surface area contributed by atoms with Gasteiger partial charge >= 0.3 is 0 Å². The average molecular weight is 507 g/mol. The molecule has 0 aliphatic carbocycles. The fourth-order valence-electron chi connectivity index (χ4n) is 4.93. The van der Waals surface area contributed by atoms with Crippen LogP contribution < -0.4 is 29.6 Å². The fraction of sp³-hybridized carbons (Fsp3) is 0.571. The minimum Gasteiger partial charge on any atom is -0.497 e. The first kappa shape index (κ1) is 28.7. The van der Waals surface area contributed by atoms with Crippen molar-refractivity contribution in [3.63, 3.8) is 0 Å². The van der Waals surface area contributed by atoms with E-state index < -0.39 is 15.8 Å². The quantitative estimate of drug-likeness (QED) is 0.301. The molecule has 34 heavy (non-hydrogen) atoms. The lowest BCUT2D eigenvalue weighted by atomic mass is 10.0. The van der Waals surface area contributed by atoms with Crippen LogP contribution in [0.4, 0.5) is 0 Å². The highest BCUT2D eigenvalue weighted by molar-refractivity contribution is 7.68. The lowest BCUT2D eigenvalue weighted by molar-refractivity contribution is 0.392. The topological polar surface area (TPSA) is 36.9 Å². The molecular formula is C28H44O4P2. The summed E-state index contributed by atoms with van der Waals surface area (Å²) < 4.78 is 23.6. The molecular weight excluding hydrogens is 462 g/mol. The second-order valence-corrected chi connectivity index (χ2v) is 16.4. The molecule has 190 valence electrons. The van der Waals surface area contributed by atoms with E-state index in [0.29, 0.717) is 22.6 Å². The second kappa shape index (κ2) is 12.5. The summed E-state index contributed by atoms with van der Waals surface area (Å²) >= 11 is 0. The van der Waals surface area contributed by atoms with E-state index in [2.05, 4.69) is 67.5 Å². The van der Waals surface area contributed by atoms with Crippen molar-refractivity contribution in [3.8, 4) is 34.1 Å². The minimum absolute atomic E-state index is 0.493. The maximum atomic E-state index is 6.06. The van der Waals surface area contributed by atoms with Gasteiger partial charge in [-0.25, -0.2) is 0 Å². The summed E-state index contributed by atoms with van der Waals surface area (Å²) in [6, 6.07) is 8.47. The highest BCUT2D eigenvalue weighted by Gasteiger charge is 2.32. The molecule has 0 spiro atoms. The monoisotopic (exact) mass is 506 g/mol. The molecule has 6 heteroatoms. The summed E-state index contributed by atoms with van der Waals surface area (Å²) in [6.07, 6.45) is 0. The van der Waals surface area contributed by atoms with Crippen LogP contribution in [0.3, 0.4) is 0 Å². The van der Waals surface area contributed by atoms with E-state index in [1.165, 1.54) is 10.6 Å². The third-order valence-corrected chi connectivity index (χ3v) is 12.3. The van der Waals surface area contributed by atoms with Gasteiger partial charge in [0.25, 0.3) is 0 Å². The van der Waals surface area contributed by atoms with Gasteiger partial charge in [-0.05, 0) is 45.4 Å². The predicted molar refractivity (Wildman–Crippen MR) is 152 cm³/mol. The van der Waals surface area contributed by atoms with Crippen molar-refractivity contribution in [2.24, 2.45) is 0 Å². The third-order valence-electron chi connectivity index (χ3n) is 6.05. The van der Waals surface area contributed by atoms with E-state index in [4.69, 9.17) is 18.9 Å². The maximum Gasteiger partial charge on any atom is 0.131 e. The zero-order chi connectivity index (χ0) is 25.7. The molecule has 0 radical (unpaired) electrons. The van der Waals surface area contributed by atoms with Gasteiger partial charge in [0, 0.05) is 23.3 Å². The molecule has 0 atom stereocenters. The van der Waals surface area contributed by atoms with E-state index >= 15 is 0 Å². The summed E-state index contributed by atoms with van der Waals surface area (Å²) in [7, 11) is 5.96. The molecule has 2 rings (SSSR count). The zero-order valence-corrected chi connectivity index (χ0v) is 24.9. The molecule has 0 unspecified atom stereocenters. The van der Waals surface area contributed by atoms with Crippen LogP contribution in [0.1, 0.15) is 55.4 Å². The largest absolute Gasteiger partial charge is 0.497 e. The van der Waals surface area contributed by atoms with Crippen molar-refractivity contribution in [1.82, 2.24) is 0 Å². The van der Waals surface area contributed by atoms with Gasteiger partial charge in [0.2, 0.25) is 0 Å². The van der Waals surface area contributed by atoms with Crippen LogP contribution in [0.15, 0.2) is 24.3 Å². The zero-order valence-electron chi connectivity index (χ0n) is 23.1. The second-order valence-electron chi connectivity index (χ2n) is 9.64. The predicted octanol–water partition coefficient (Wildman–Crippen LogP) is 7.24. The molecule has 0 amide bonds. The van der Waals surface area contributed by atoms with Gasteiger partial charge in [-0.3, -0.25) is 0 Å². The van der Waals surface area contributed by atoms with Crippen molar-refractivity contribution in [2.45, 2.75) is 78.0 Å². The van der Waals surface area contributed by atoms with Crippen LogP contribution >= 0.6 is 15.8 Å². The van der Waals surface area contributed by atoms with E-state index in [1.54, 1.807) is 28.4 Å². The van der Waals surface area contributed by atoms with Crippen LogP contribution in [0, 0.1) is 0 Å². The standard InChI is InChI=1S/C28H44O4P2/c1-17(2)33(18(3)4)25-15-21(29-9)13-23(31-11)27(25)28-24(32-12)14-22(30-10)16-26(28)34(19(5)6)20(7)8/h13-20H,1-12H3. The highest BCUT2D eigenvalue weighted by Crippen LogP contribution is 2.54. The first-order valence-electron chi connectivity index (χ1n) is 12.1. The molecule has 0 bridgehead atoms. The Labute approximate surface area is 210 Å². The van der Waals surface area contributed by atoms with Gasteiger partial charge in [-0.2, -0.15) is 0 Å². The fourth-order valence-corrected chi connectivity index (χ4v) is 11.0. The van der Waals surface area contributed by atoms with Crippen LogP contribution in [0.5, 0.6) is 23.0 Å². The van der Waals surface area contributed by atoms with Crippen molar-refractivity contribution in [2.75, 3.05) is 28.4 Å². The van der Waals surface area contributed by atoms with Crippen molar-refractivity contribution in [3.05, 3.63) is 24.3 Å². The Hall–Kier alpha value is -1.50. The van der Waals surface area contributed by atoms with Gasteiger partial charge in [0.15, 0.2) is 0 Å². The number of benzene rings is 2. The smallest absolute Gasteiger partial charge is 0.131 e. The number of ether oxygens (including phenoxy) is 4. The van der Waals surface area contributed by atoms with E-state index in [9.17, 15) is 0 Å². The van der Waals surface area contributed by atoms with Crippen molar-refractivity contribution in [1.29, 1.82) is 0 Å². The third kappa shape index (κ3) is 6.00. The van der Waals surface area contributed by atoms with Gasteiger partial charge in [0.1, 0.15) is 23.0 Å². The van der Waals surface area contributed by atoms with Crippen LogP contribution in [0.2, 0.25) is 0 Å². The average Bonchev–Trinajstić information content (AvgIpc) is 2.77. The van der Waals surface area contributed by atoms with E-state index in [-0.39, 0.29) is 0 Å². The van der Waals surface area contributed by atoms with Crippen LogP contribution in [-0.4, -0.2) is 51.1 Å². The van der Waals surface area contributed by atoms with E-state index in [1.807, 2.05) is 12.1 Å². The molecule has 0 N–H and O–H groups in total. The van der Waals surface area contributed by atoms with E-state index in [0.717, 1.165) is 34.1 Å². The molecule has 2 aromatic rings. The Morgan fingerprint density at radius 1 is 0.471 bits per heavy atom. The molecule has 0 aliphatic rings. The molecule has 0 saturated carbocycles. The molecule has 0 heterocycles. The first-order valence-corrected chi connectivity index (χ1v) is 15.1. The summed E-state index contributed by atoms with van der Waals surface area (Å²) in [5, 5.41) is 2.62. The van der Waals surface area contributed by atoms with Crippen LogP contribution in [0.25, 0.3) is 11.1 Å². The number of hydrogen-bond acceptors (Lipinski definition) is 4. The Morgan fingerprint density at radius 2 is 0.765 bits per heavy atom. The molecule has 0 aliphatic heterocycles. The minimum atomic E-state index is -0.493. The van der Waals surface area contributed by atoms with Gasteiger partial charge in [0.05, 0.1) is 28.4 Å². The molecule has 4 nitrogen and oxygen atoms in total. The van der Waals surface area contributed by atoms with Crippen LogP contribution in [-0.2, 0) is 0 Å². The Bertz CT molecular complexity index is 860. The molecule has 0 saturated heterocycles. The van der Waals surface area contributed by atoms with Gasteiger partial charge in [-0.1, -0.05) is 71.2 Å². The number of rotatable bonds is 11. The SMILES string of the molecule is COc1cc(OC)c(-c2c(OC)cc(OC)cc2P(C(C)C)C(C)C)c(P(C(C)C)C(C)C)c1. The Kier molecular flexibility index (Phi) is 10.5. The Morgan fingerprint density at radius 3 is 0.971 bits per heavy atom. The normalized spacial score (nSPS) is 11.9. The summed E-state index contributed by atoms with van der Waals surface area (Å²) in [5.74, 6) is 3.31. The Balaban J connectivity index is 3.13. The lowest BCUT2D eigenvalue weighted by Crippen LogP contribution is -2.23. The summed E-state index contributed by atoms with van der Waals surface area (Å²) in [5.41, 5.74) is 4.31. The van der Waals surface area contributed by atoms with Gasteiger partial charge < -0.3 is 18.9 Å². The molecule has 0 aromatic heterocycles. The highest BCUT2D eigenvalue weighted by atomic mass is 31.1. The maximum absolute atomic E-state index is 6.06. The molecule has 0 fully saturated rings. The van der Waals surface area contributed by atoms with Crippen molar-refractivity contribution >= 4 is 26.5 Å². The van der Waals surface area contributed by atoms with Crippen molar-refractivity contribution < 1.29 is 18.9 Å². The van der Waals surface area contributed by atoms with Gasteiger partial charge in [-0.15, -0.1) is 0 Å². The number of methoxy groups -OCH3 is 4. The summed E-state index contributed by atoms with van der Waals surface area (Å²) in [6.45, 7) is 18.6. The number of hydrogen-bond donors (Lipinski definition) is 0.